The van der Waals surface area contributed by atoms with Crippen LogP contribution in [0.5, 0.6) is 11.5 Å². The van der Waals surface area contributed by atoms with Crippen LogP contribution >= 0.6 is 23.2 Å². The molecule has 0 fully saturated rings. The number of benzene rings is 2. The van der Waals surface area contributed by atoms with Crippen LogP contribution in [0.25, 0.3) is 0 Å². The molecule has 1 atom stereocenters. The van der Waals surface area contributed by atoms with E-state index in [9.17, 15) is 0 Å². The number of hydrogen-bond acceptors (Lipinski definition) is 3. The molecule has 1 unspecified atom stereocenters. The largest absolute Gasteiger partial charge is 0.493 e. The normalized spacial score (nSPS) is 12.1. The predicted molar refractivity (Wildman–Crippen MR) is 82.0 cm³/mol. The van der Waals surface area contributed by atoms with Crippen LogP contribution in [0.4, 0.5) is 0 Å². The molecule has 20 heavy (non-hydrogen) atoms. The third kappa shape index (κ3) is 2.85. The molecule has 2 N–H and O–H groups in total. The molecule has 106 valence electrons. The van der Waals surface area contributed by atoms with Gasteiger partial charge in [-0.1, -0.05) is 41.4 Å². The van der Waals surface area contributed by atoms with Crippen LogP contribution in [0.1, 0.15) is 17.2 Å². The number of halogens is 2. The minimum absolute atomic E-state index is 0.388. The van der Waals surface area contributed by atoms with Gasteiger partial charge in [0.1, 0.15) is 0 Å². The summed E-state index contributed by atoms with van der Waals surface area (Å²) in [6.45, 7) is 0. The van der Waals surface area contributed by atoms with Gasteiger partial charge in [0, 0.05) is 0 Å². The first-order valence-corrected chi connectivity index (χ1v) is 6.75. The first-order chi connectivity index (χ1) is 9.58. The Hall–Kier alpha value is -1.42. The molecule has 0 saturated carbocycles. The SMILES string of the molecule is COc1ccc(C(N)c2cccc(Cl)c2Cl)cc1OC. The molecule has 5 heteroatoms. The Morgan fingerprint density at radius 2 is 1.70 bits per heavy atom. The van der Waals surface area contributed by atoms with Crippen molar-refractivity contribution in [3.63, 3.8) is 0 Å². The maximum atomic E-state index is 6.26. The zero-order valence-electron chi connectivity index (χ0n) is 11.2. The van der Waals surface area contributed by atoms with Crippen LogP contribution in [0.3, 0.4) is 0 Å². The van der Waals surface area contributed by atoms with Crippen LogP contribution in [-0.4, -0.2) is 14.2 Å². The Labute approximate surface area is 128 Å². The molecule has 2 aromatic carbocycles. The maximum absolute atomic E-state index is 6.26. The molecule has 0 aromatic heterocycles. The van der Waals surface area contributed by atoms with Gasteiger partial charge in [-0.2, -0.15) is 0 Å². The van der Waals surface area contributed by atoms with Crippen molar-refractivity contribution in [2.24, 2.45) is 5.73 Å². The average molecular weight is 312 g/mol. The smallest absolute Gasteiger partial charge is 0.161 e. The van der Waals surface area contributed by atoms with Crippen molar-refractivity contribution in [2.45, 2.75) is 6.04 Å². The average Bonchev–Trinajstić information content (AvgIpc) is 2.48. The van der Waals surface area contributed by atoms with Gasteiger partial charge in [-0.05, 0) is 29.3 Å². The van der Waals surface area contributed by atoms with Gasteiger partial charge < -0.3 is 15.2 Å². The van der Waals surface area contributed by atoms with Gasteiger partial charge in [-0.3, -0.25) is 0 Å². The molecular formula is C15H15Cl2NO2. The first kappa shape index (κ1) is 15.0. The van der Waals surface area contributed by atoms with Crippen LogP contribution < -0.4 is 15.2 Å². The van der Waals surface area contributed by atoms with E-state index in [-0.39, 0.29) is 6.04 Å². The second-order valence-corrected chi connectivity index (χ2v) is 5.02. The highest BCUT2D eigenvalue weighted by atomic mass is 35.5. The van der Waals surface area contributed by atoms with Gasteiger partial charge in [0.25, 0.3) is 0 Å². The third-order valence-electron chi connectivity index (χ3n) is 3.08. The summed E-state index contributed by atoms with van der Waals surface area (Å²) in [5.41, 5.74) is 7.90. The summed E-state index contributed by atoms with van der Waals surface area (Å²) in [4.78, 5) is 0. The molecule has 0 amide bonds. The van der Waals surface area contributed by atoms with E-state index in [0.29, 0.717) is 21.5 Å². The van der Waals surface area contributed by atoms with Gasteiger partial charge in [-0.15, -0.1) is 0 Å². The fourth-order valence-corrected chi connectivity index (χ4v) is 2.41. The van der Waals surface area contributed by atoms with E-state index in [1.807, 2.05) is 30.3 Å². The number of nitrogens with two attached hydrogens (primary N) is 1. The Bertz CT molecular complexity index is 617. The summed E-state index contributed by atoms with van der Waals surface area (Å²) in [5.74, 6) is 1.28. The first-order valence-electron chi connectivity index (χ1n) is 6.00. The molecule has 0 aliphatic carbocycles. The van der Waals surface area contributed by atoms with E-state index in [0.717, 1.165) is 11.1 Å². The number of hydrogen-bond donors (Lipinski definition) is 1. The summed E-state index contributed by atoms with van der Waals surface area (Å²) < 4.78 is 10.5. The van der Waals surface area contributed by atoms with E-state index < -0.39 is 0 Å². The molecule has 0 aliphatic heterocycles. The molecule has 0 heterocycles. The Balaban J connectivity index is 2.43. The highest BCUT2D eigenvalue weighted by molar-refractivity contribution is 6.42. The van der Waals surface area contributed by atoms with Crippen LogP contribution in [0, 0.1) is 0 Å². The lowest BCUT2D eigenvalue weighted by Gasteiger charge is -2.17. The van der Waals surface area contributed by atoms with Crippen molar-refractivity contribution >= 4 is 23.2 Å². The molecule has 0 radical (unpaired) electrons. The van der Waals surface area contributed by atoms with Gasteiger partial charge >= 0.3 is 0 Å². The summed E-state index contributed by atoms with van der Waals surface area (Å²) >= 11 is 12.2. The van der Waals surface area contributed by atoms with Gasteiger partial charge in [0.2, 0.25) is 0 Å². The Morgan fingerprint density at radius 3 is 2.35 bits per heavy atom. The highest BCUT2D eigenvalue weighted by Crippen LogP contribution is 2.35. The summed E-state index contributed by atoms with van der Waals surface area (Å²) in [6, 6.07) is 10.5. The van der Waals surface area contributed by atoms with Crippen molar-refractivity contribution in [2.75, 3.05) is 14.2 Å². The second-order valence-electron chi connectivity index (χ2n) is 4.24. The summed E-state index contributed by atoms with van der Waals surface area (Å²) in [5, 5.41) is 0.955. The quantitative estimate of drug-likeness (QED) is 0.926. The summed E-state index contributed by atoms with van der Waals surface area (Å²) in [7, 11) is 3.17. The predicted octanol–water partition coefficient (Wildman–Crippen LogP) is 4.06. The lowest BCUT2D eigenvalue weighted by Crippen LogP contribution is -2.12. The highest BCUT2D eigenvalue weighted by Gasteiger charge is 2.16. The van der Waals surface area contributed by atoms with Crippen LogP contribution in [0.2, 0.25) is 10.0 Å². The number of rotatable bonds is 4. The molecule has 0 saturated heterocycles. The van der Waals surface area contributed by atoms with Crippen molar-refractivity contribution in [1.82, 2.24) is 0 Å². The third-order valence-corrected chi connectivity index (χ3v) is 3.92. The van der Waals surface area contributed by atoms with E-state index in [2.05, 4.69) is 0 Å². The van der Waals surface area contributed by atoms with E-state index in [1.165, 1.54) is 0 Å². The number of methoxy groups -OCH3 is 2. The maximum Gasteiger partial charge on any atom is 0.161 e. The molecule has 2 rings (SSSR count). The molecule has 0 spiro atoms. The Morgan fingerprint density at radius 1 is 1.00 bits per heavy atom. The minimum Gasteiger partial charge on any atom is -0.493 e. The molecule has 0 bridgehead atoms. The van der Waals surface area contributed by atoms with Crippen molar-refractivity contribution in [1.29, 1.82) is 0 Å². The fraction of sp³-hybridized carbons (Fsp3) is 0.200. The molecule has 3 nitrogen and oxygen atoms in total. The lowest BCUT2D eigenvalue weighted by atomic mass is 9.99. The summed E-state index contributed by atoms with van der Waals surface area (Å²) in [6.07, 6.45) is 0. The Kier molecular flexibility index (Phi) is 4.76. The topological polar surface area (TPSA) is 44.5 Å². The molecule has 2 aromatic rings. The standard InChI is InChI=1S/C15H15Cl2NO2/c1-19-12-7-6-9(8-13(12)20-2)15(18)10-4-3-5-11(16)14(10)17/h3-8,15H,18H2,1-2H3. The monoisotopic (exact) mass is 311 g/mol. The van der Waals surface area contributed by atoms with E-state index in [4.69, 9.17) is 38.4 Å². The number of ether oxygens (including phenoxy) is 2. The lowest BCUT2D eigenvalue weighted by molar-refractivity contribution is 0.354. The van der Waals surface area contributed by atoms with Gasteiger partial charge in [0.15, 0.2) is 11.5 Å². The van der Waals surface area contributed by atoms with Crippen molar-refractivity contribution in [3.05, 3.63) is 57.6 Å². The van der Waals surface area contributed by atoms with Crippen LogP contribution in [0.15, 0.2) is 36.4 Å². The van der Waals surface area contributed by atoms with E-state index in [1.54, 1.807) is 20.3 Å². The second kappa shape index (κ2) is 6.35. The van der Waals surface area contributed by atoms with Crippen molar-refractivity contribution in [3.8, 4) is 11.5 Å². The zero-order chi connectivity index (χ0) is 14.7. The van der Waals surface area contributed by atoms with Gasteiger partial charge in [0.05, 0.1) is 30.3 Å². The zero-order valence-corrected chi connectivity index (χ0v) is 12.7. The van der Waals surface area contributed by atoms with Gasteiger partial charge in [-0.25, -0.2) is 0 Å². The molecular weight excluding hydrogens is 297 g/mol. The van der Waals surface area contributed by atoms with E-state index >= 15 is 0 Å². The molecule has 0 aliphatic rings. The van der Waals surface area contributed by atoms with Crippen LogP contribution in [-0.2, 0) is 0 Å². The fourth-order valence-electron chi connectivity index (χ4n) is 1.99. The minimum atomic E-state index is -0.388. The van der Waals surface area contributed by atoms with Crippen molar-refractivity contribution < 1.29 is 9.47 Å².